The summed E-state index contributed by atoms with van der Waals surface area (Å²) >= 11 is 0. The Bertz CT molecular complexity index is 520. The summed E-state index contributed by atoms with van der Waals surface area (Å²) in [5, 5.41) is 5.75. The van der Waals surface area contributed by atoms with Gasteiger partial charge in [-0.2, -0.15) is 4.98 Å². The van der Waals surface area contributed by atoms with Crippen molar-refractivity contribution >= 4 is 17.8 Å². The van der Waals surface area contributed by atoms with Crippen LogP contribution in [0.25, 0.3) is 0 Å². The van der Waals surface area contributed by atoms with Crippen LogP contribution in [-0.4, -0.2) is 32.9 Å². The van der Waals surface area contributed by atoms with Gasteiger partial charge < -0.3 is 4.52 Å². The van der Waals surface area contributed by atoms with Crippen molar-refractivity contribution in [3.8, 4) is 0 Å². The number of barbiturate groups is 1. The zero-order valence-electron chi connectivity index (χ0n) is 9.38. The van der Waals surface area contributed by atoms with Gasteiger partial charge in [-0.15, -0.1) is 0 Å². The fraction of sp³-hybridized carbons (Fsp3) is 0.500. The van der Waals surface area contributed by atoms with E-state index in [2.05, 4.69) is 20.0 Å². The van der Waals surface area contributed by atoms with Gasteiger partial charge in [-0.25, -0.2) is 4.79 Å². The Morgan fingerprint density at radius 3 is 2.72 bits per heavy atom. The lowest BCUT2D eigenvalue weighted by Crippen LogP contribution is -2.65. The van der Waals surface area contributed by atoms with Gasteiger partial charge in [0.1, 0.15) is 5.41 Å². The molecule has 1 spiro atoms. The molecule has 1 aromatic heterocycles. The topological polar surface area (TPSA) is 105 Å². The first kappa shape index (κ1) is 10.9. The molecule has 3 rings (SSSR count). The summed E-state index contributed by atoms with van der Waals surface area (Å²) in [4.78, 5) is 40.3. The molecule has 1 aliphatic heterocycles. The second kappa shape index (κ2) is 3.62. The minimum absolute atomic E-state index is 0.0871. The summed E-state index contributed by atoms with van der Waals surface area (Å²) in [5.74, 6) is -0.734. The molecule has 1 saturated heterocycles. The highest BCUT2D eigenvalue weighted by Crippen LogP contribution is 2.44. The summed E-state index contributed by atoms with van der Waals surface area (Å²) < 4.78 is 4.54. The predicted molar refractivity (Wildman–Crippen MR) is 54.7 cm³/mol. The van der Waals surface area contributed by atoms with Crippen LogP contribution in [0.4, 0.5) is 4.79 Å². The Kier molecular flexibility index (Phi) is 2.19. The Labute approximate surface area is 101 Å². The fourth-order valence-corrected chi connectivity index (χ4v) is 2.25. The molecule has 1 N–H and O–H groups in total. The van der Waals surface area contributed by atoms with E-state index in [0.717, 1.165) is 17.7 Å². The normalized spacial score (nSPS) is 22.0. The number of amides is 4. The first-order valence-corrected chi connectivity index (χ1v) is 5.56. The van der Waals surface area contributed by atoms with E-state index in [-0.39, 0.29) is 12.4 Å². The van der Waals surface area contributed by atoms with Crippen LogP contribution in [0.2, 0.25) is 0 Å². The van der Waals surface area contributed by atoms with Crippen LogP contribution in [0.15, 0.2) is 10.9 Å². The Morgan fingerprint density at radius 1 is 1.39 bits per heavy atom. The number of nitrogens with zero attached hydrogens (tertiary/aromatic N) is 3. The summed E-state index contributed by atoms with van der Waals surface area (Å²) in [6.07, 6.45) is 2.89. The summed E-state index contributed by atoms with van der Waals surface area (Å²) in [7, 11) is 0. The fourth-order valence-electron chi connectivity index (χ4n) is 2.25. The minimum Gasteiger partial charge on any atom is -0.343 e. The van der Waals surface area contributed by atoms with Gasteiger partial charge in [-0.3, -0.25) is 19.8 Å². The average molecular weight is 250 g/mol. The predicted octanol–water partition coefficient (Wildman–Crippen LogP) is -0.182. The molecule has 18 heavy (non-hydrogen) atoms. The lowest BCUT2D eigenvalue weighted by Gasteiger charge is -2.44. The quantitative estimate of drug-likeness (QED) is 0.730. The van der Waals surface area contributed by atoms with E-state index in [4.69, 9.17) is 0 Å². The summed E-state index contributed by atoms with van der Waals surface area (Å²) in [6, 6.07) is -0.729. The molecule has 1 aromatic rings. The van der Waals surface area contributed by atoms with Crippen molar-refractivity contribution in [1.82, 2.24) is 20.4 Å². The maximum Gasteiger partial charge on any atom is 0.331 e. The second-order valence-corrected chi connectivity index (χ2v) is 4.43. The molecule has 1 saturated carbocycles. The molecule has 2 aliphatic rings. The average Bonchev–Trinajstić information content (AvgIpc) is 2.74. The van der Waals surface area contributed by atoms with E-state index < -0.39 is 23.3 Å². The van der Waals surface area contributed by atoms with Crippen LogP contribution < -0.4 is 5.32 Å². The van der Waals surface area contributed by atoms with Crippen molar-refractivity contribution in [2.75, 3.05) is 0 Å². The van der Waals surface area contributed by atoms with Gasteiger partial charge in [0.25, 0.3) is 0 Å². The SMILES string of the molecule is O=C1NC(=O)C2(CCC2)C(=O)N1Cc1ncon1. The van der Waals surface area contributed by atoms with Crippen LogP contribution in [0.5, 0.6) is 0 Å². The standard InChI is InChI=1S/C10H10N4O4/c15-7-10(2-1-3-10)8(16)14(9(17)12-7)4-6-11-5-18-13-6/h5H,1-4H2,(H,12,15,17). The van der Waals surface area contributed by atoms with Gasteiger partial charge in [0.2, 0.25) is 18.2 Å². The van der Waals surface area contributed by atoms with E-state index in [1.165, 1.54) is 0 Å². The van der Waals surface area contributed by atoms with Crippen molar-refractivity contribution in [2.24, 2.45) is 5.41 Å². The van der Waals surface area contributed by atoms with Crippen molar-refractivity contribution in [1.29, 1.82) is 0 Å². The van der Waals surface area contributed by atoms with Gasteiger partial charge in [-0.05, 0) is 12.8 Å². The number of rotatable bonds is 2. The molecule has 2 heterocycles. The first-order chi connectivity index (χ1) is 8.63. The number of aromatic nitrogens is 2. The van der Waals surface area contributed by atoms with Crippen LogP contribution in [0.3, 0.4) is 0 Å². The van der Waals surface area contributed by atoms with Gasteiger partial charge >= 0.3 is 6.03 Å². The van der Waals surface area contributed by atoms with Crippen LogP contribution in [-0.2, 0) is 16.1 Å². The Hall–Kier alpha value is -2.25. The number of hydrogen-bond acceptors (Lipinski definition) is 6. The van der Waals surface area contributed by atoms with Gasteiger partial charge in [0.15, 0.2) is 5.82 Å². The van der Waals surface area contributed by atoms with E-state index in [1.54, 1.807) is 0 Å². The van der Waals surface area contributed by atoms with Crippen LogP contribution in [0.1, 0.15) is 25.1 Å². The molecule has 1 aliphatic carbocycles. The van der Waals surface area contributed by atoms with Gasteiger partial charge in [0, 0.05) is 0 Å². The molecule has 0 bridgehead atoms. The monoisotopic (exact) mass is 250 g/mol. The molecule has 0 aromatic carbocycles. The highest BCUT2D eigenvalue weighted by atomic mass is 16.5. The lowest BCUT2D eigenvalue weighted by molar-refractivity contribution is -0.158. The molecule has 0 radical (unpaired) electrons. The number of nitrogens with one attached hydrogen (secondary N) is 1. The summed E-state index contributed by atoms with van der Waals surface area (Å²) in [6.45, 7) is -0.0871. The number of urea groups is 1. The highest BCUT2D eigenvalue weighted by molar-refractivity contribution is 6.19. The van der Waals surface area contributed by atoms with Crippen LogP contribution in [0, 0.1) is 5.41 Å². The smallest absolute Gasteiger partial charge is 0.331 e. The van der Waals surface area contributed by atoms with Crippen molar-refractivity contribution in [3.63, 3.8) is 0 Å². The molecular weight excluding hydrogens is 240 g/mol. The van der Waals surface area contributed by atoms with Crippen LogP contribution >= 0.6 is 0 Å². The van der Waals surface area contributed by atoms with Gasteiger partial charge in [-0.1, -0.05) is 11.6 Å². The van der Waals surface area contributed by atoms with Gasteiger partial charge in [0.05, 0.1) is 6.54 Å². The zero-order chi connectivity index (χ0) is 12.8. The minimum atomic E-state index is -1.06. The number of hydrogen-bond donors (Lipinski definition) is 1. The Balaban J connectivity index is 1.87. The van der Waals surface area contributed by atoms with E-state index >= 15 is 0 Å². The molecule has 0 atom stereocenters. The molecule has 0 unspecified atom stereocenters. The van der Waals surface area contributed by atoms with Crippen molar-refractivity contribution in [2.45, 2.75) is 25.8 Å². The third-order valence-electron chi connectivity index (χ3n) is 3.47. The van der Waals surface area contributed by atoms with E-state index in [1.807, 2.05) is 0 Å². The maximum absolute atomic E-state index is 12.2. The van der Waals surface area contributed by atoms with Crippen molar-refractivity contribution < 1.29 is 18.9 Å². The maximum atomic E-state index is 12.2. The summed E-state index contributed by atoms with van der Waals surface area (Å²) in [5.41, 5.74) is -1.06. The third kappa shape index (κ3) is 1.35. The highest BCUT2D eigenvalue weighted by Gasteiger charge is 2.57. The van der Waals surface area contributed by atoms with Crippen molar-refractivity contribution in [3.05, 3.63) is 12.2 Å². The first-order valence-electron chi connectivity index (χ1n) is 5.56. The number of carbonyl (C=O) groups is 3. The third-order valence-corrected chi connectivity index (χ3v) is 3.47. The Morgan fingerprint density at radius 2 is 2.17 bits per heavy atom. The van der Waals surface area contributed by atoms with E-state index in [0.29, 0.717) is 12.8 Å². The molecule has 4 amide bonds. The van der Waals surface area contributed by atoms with E-state index in [9.17, 15) is 14.4 Å². The molecular formula is C10H10N4O4. The lowest BCUT2D eigenvalue weighted by atomic mass is 9.66. The molecule has 2 fully saturated rings. The molecule has 8 heteroatoms. The largest absolute Gasteiger partial charge is 0.343 e. The second-order valence-electron chi connectivity index (χ2n) is 4.43. The number of imide groups is 2. The molecule has 94 valence electrons. The number of carbonyl (C=O) groups excluding carboxylic acids is 3. The zero-order valence-corrected chi connectivity index (χ0v) is 9.38. The molecule has 8 nitrogen and oxygen atoms in total.